The zero-order chi connectivity index (χ0) is 22.9. The minimum atomic E-state index is -3.92. The third-order valence-electron chi connectivity index (χ3n) is 3.22. The number of benzene rings is 1. The van der Waals surface area contributed by atoms with Crippen LogP contribution in [0.5, 0.6) is 5.75 Å². The molecule has 0 spiro atoms. The van der Waals surface area contributed by atoms with Gasteiger partial charge in [0.1, 0.15) is 16.9 Å². The smallest absolute Gasteiger partial charge is 0.346 e. The van der Waals surface area contributed by atoms with Crippen LogP contribution in [0.3, 0.4) is 0 Å². The van der Waals surface area contributed by atoms with Gasteiger partial charge in [-0.1, -0.05) is 12.1 Å². The van der Waals surface area contributed by atoms with Gasteiger partial charge in [0.2, 0.25) is 0 Å². The van der Waals surface area contributed by atoms with Gasteiger partial charge in [-0.05, 0) is 18.2 Å². The van der Waals surface area contributed by atoms with Crippen LogP contribution >= 0.6 is 0 Å². The highest BCUT2D eigenvalue weighted by Gasteiger charge is 2.17. The first kappa shape index (κ1) is 24.7. The largest absolute Gasteiger partial charge is 0.748 e. The molecule has 1 heterocycles. The summed E-state index contributed by atoms with van der Waals surface area (Å²) in [6, 6.07) is 9.69. The molecule has 0 N–H and O–H groups in total. The van der Waals surface area contributed by atoms with Gasteiger partial charge in [0, 0.05) is 33.3 Å². The Balaban J connectivity index is 0.000000804. The van der Waals surface area contributed by atoms with Crippen LogP contribution in [0.25, 0.3) is 0 Å². The summed E-state index contributed by atoms with van der Waals surface area (Å²) < 4.78 is 39.0. The fourth-order valence-corrected chi connectivity index (χ4v) is 2.08. The summed E-state index contributed by atoms with van der Waals surface area (Å²) in [5.41, 5.74) is 0.627. The SMILES string of the molecule is CC(=O)Oc1ccccc1C(=O)OC[n+]1cccc(C(=O)N(C)C)c1.CS(=O)(=O)[O-]. The molecule has 1 aromatic heterocycles. The van der Waals surface area contributed by atoms with Crippen molar-refractivity contribution in [2.45, 2.75) is 13.7 Å². The van der Waals surface area contributed by atoms with E-state index in [9.17, 15) is 14.4 Å². The summed E-state index contributed by atoms with van der Waals surface area (Å²) in [6.45, 7) is 1.17. The molecule has 11 heteroatoms. The summed E-state index contributed by atoms with van der Waals surface area (Å²) in [4.78, 5) is 36.8. The van der Waals surface area contributed by atoms with Crippen molar-refractivity contribution in [2.24, 2.45) is 0 Å². The first-order valence-corrected chi connectivity index (χ1v) is 10.3. The van der Waals surface area contributed by atoms with Crippen LogP contribution in [0.15, 0.2) is 48.8 Å². The van der Waals surface area contributed by atoms with Crippen molar-refractivity contribution in [3.05, 3.63) is 59.9 Å². The van der Waals surface area contributed by atoms with Gasteiger partial charge in [-0.15, -0.1) is 0 Å². The maximum Gasteiger partial charge on any atom is 0.346 e. The number of carbonyl (C=O) groups is 3. The highest BCUT2D eigenvalue weighted by molar-refractivity contribution is 7.84. The van der Waals surface area contributed by atoms with Crippen molar-refractivity contribution in [3.63, 3.8) is 0 Å². The van der Waals surface area contributed by atoms with Gasteiger partial charge in [0.05, 0.1) is 10.1 Å². The molecule has 0 unspecified atom stereocenters. The average molecular weight is 438 g/mol. The van der Waals surface area contributed by atoms with Gasteiger partial charge in [-0.3, -0.25) is 9.59 Å². The van der Waals surface area contributed by atoms with Gasteiger partial charge in [0.25, 0.3) is 12.6 Å². The van der Waals surface area contributed by atoms with Crippen LogP contribution < -0.4 is 9.30 Å². The zero-order valence-electron chi connectivity index (χ0n) is 16.9. The van der Waals surface area contributed by atoms with E-state index in [0.717, 1.165) is 0 Å². The molecule has 0 atom stereocenters. The number of nitrogens with zero attached hydrogens (tertiary/aromatic N) is 2. The molecule has 2 rings (SSSR count). The van der Waals surface area contributed by atoms with Gasteiger partial charge in [0.15, 0.2) is 12.4 Å². The molecule has 30 heavy (non-hydrogen) atoms. The standard InChI is InChI=1S/C18H19N2O5.CH4O3S/c1-13(21)25-16-9-5-4-8-15(16)18(23)24-12-20-10-6-7-14(11-20)17(22)19(2)3;1-5(2,3)4/h4-11H,12H2,1-3H3;1H3,(H,2,3,4)/q+1;/p-1. The predicted molar refractivity (Wildman–Crippen MR) is 103 cm³/mol. The van der Waals surface area contributed by atoms with Crippen LogP contribution in [0.1, 0.15) is 27.6 Å². The van der Waals surface area contributed by atoms with E-state index in [-0.39, 0.29) is 24.0 Å². The molecule has 0 aliphatic carbocycles. The maximum absolute atomic E-state index is 12.2. The number of carbonyl (C=O) groups excluding carboxylic acids is 3. The molecular weight excluding hydrogens is 416 g/mol. The molecule has 2 aromatic rings. The first-order chi connectivity index (χ1) is 13.9. The predicted octanol–water partition coefficient (Wildman–Crippen LogP) is 0.577. The number of hydrogen-bond donors (Lipinski definition) is 0. The fraction of sp³-hybridized carbons (Fsp3) is 0.263. The monoisotopic (exact) mass is 438 g/mol. The van der Waals surface area contributed by atoms with E-state index < -0.39 is 22.1 Å². The lowest BCUT2D eigenvalue weighted by atomic mass is 10.2. The van der Waals surface area contributed by atoms with Crippen molar-refractivity contribution in [2.75, 3.05) is 20.4 Å². The van der Waals surface area contributed by atoms with Gasteiger partial charge in [-0.25, -0.2) is 13.2 Å². The zero-order valence-corrected chi connectivity index (χ0v) is 17.7. The Morgan fingerprint density at radius 3 is 2.27 bits per heavy atom. The summed E-state index contributed by atoms with van der Waals surface area (Å²) in [5.74, 6) is -1.17. The number of rotatable bonds is 5. The number of esters is 2. The van der Waals surface area contributed by atoms with Crippen molar-refractivity contribution in [1.82, 2.24) is 4.90 Å². The Morgan fingerprint density at radius 1 is 1.10 bits per heavy atom. The highest BCUT2D eigenvalue weighted by atomic mass is 32.2. The van der Waals surface area contributed by atoms with Crippen LogP contribution in [-0.4, -0.2) is 56.1 Å². The van der Waals surface area contributed by atoms with E-state index in [1.165, 1.54) is 24.0 Å². The second kappa shape index (κ2) is 11.0. The average Bonchev–Trinajstić information content (AvgIpc) is 2.64. The Morgan fingerprint density at radius 2 is 1.70 bits per heavy atom. The molecule has 0 saturated heterocycles. The molecule has 0 fully saturated rings. The number of para-hydroxylation sites is 1. The van der Waals surface area contributed by atoms with Crippen LogP contribution in [0.2, 0.25) is 0 Å². The second-order valence-corrected chi connectivity index (χ2v) is 7.57. The molecular formula is C19H22N2O8S. The van der Waals surface area contributed by atoms with Crippen molar-refractivity contribution in [3.8, 4) is 5.75 Å². The second-order valence-electron chi connectivity index (χ2n) is 6.16. The molecule has 162 valence electrons. The summed E-state index contributed by atoms with van der Waals surface area (Å²) in [5, 5.41) is 0. The molecule has 0 saturated carbocycles. The lowest BCUT2D eigenvalue weighted by Crippen LogP contribution is -2.37. The summed E-state index contributed by atoms with van der Waals surface area (Å²) in [7, 11) is -0.600. The van der Waals surface area contributed by atoms with Crippen LogP contribution in [0, 0.1) is 0 Å². The molecule has 10 nitrogen and oxygen atoms in total. The Kier molecular flexibility index (Phi) is 9.09. The Labute approximate surface area is 174 Å². The lowest BCUT2D eigenvalue weighted by Gasteiger charge is -2.09. The quantitative estimate of drug-likeness (QED) is 0.286. The minimum absolute atomic E-state index is 0.0816. The van der Waals surface area contributed by atoms with E-state index in [1.807, 2.05) is 0 Å². The van der Waals surface area contributed by atoms with Crippen molar-refractivity contribution >= 4 is 28.0 Å². The number of amides is 1. The minimum Gasteiger partial charge on any atom is -0.748 e. The van der Waals surface area contributed by atoms with Crippen LogP contribution in [0.4, 0.5) is 0 Å². The molecule has 0 aliphatic heterocycles. The Hall–Kier alpha value is -3.31. The summed E-state index contributed by atoms with van der Waals surface area (Å²) >= 11 is 0. The third-order valence-corrected chi connectivity index (χ3v) is 3.22. The molecule has 0 bridgehead atoms. The van der Waals surface area contributed by atoms with E-state index in [2.05, 4.69) is 0 Å². The van der Waals surface area contributed by atoms with Gasteiger partial charge < -0.3 is 18.9 Å². The number of ether oxygens (including phenoxy) is 2. The van der Waals surface area contributed by atoms with E-state index >= 15 is 0 Å². The van der Waals surface area contributed by atoms with E-state index in [0.29, 0.717) is 11.8 Å². The molecule has 0 radical (unpaired) electrons. The van der Waals surface area contributed by atoms with Crippen LogP contribution in [-0.2, 0) is 26.4 Å². The lowest BCUT2D eigenvalue weighted by molar-refractivity contribution is -0.727. The topological polar surface area (TPSA) is 134 Å². The Bertz CT molecular complexity index is 1010. The molecule has 0 aliphatic rings. The molecule has 1 amide bonds. The first-order valence-electron chi connectivity index (χ1n) is 8.44. The van der Waals surface area contributed by atoms with Gasteiger partial charge >= 0.3 is 11.9 Å². The highest BCUT2D eigenvalue weighted by Crippen LogP contribution is 2.19. The van der Waals surface area contributed by atoms with Crippen molar-refractivity contribution in [1.29, 1.82) is 0 Å². The van der Waals surface area contributed by atoms with Gasteiger partial charge in [-0.2, -0.15) is 4.57 Å². The number of pyridine rings is 1. The van der Waals surface area contributed by atoms with Crippen molar-refractivity contribution < 1.29 is 41.4 Å². The normalized spacial score (nSPS) is 10.3. The van der Waals surface area contributed by atoms with E-state index in [4.69, 9.17) is 22.4 Å². The third kappa shape index (κ3) is 9.26. The summed E-state index contributed by atoms with van der Waals surface area (Å²) in [6.07, 6.45) is 3.87. The number of hydrogen-bond acceptors (Lipinski definition) is 8. The molecule has 1 aromatic carbocycles. The fourth-order valence-electron chi connectivity index (χ4n) is 2.08. The van der Waals surface area contributed by atoms with E-state index in [1.54, 1.807) is 55.3 Å². The maximum atomic E-state index is 12.2. The number of aromatic nitrogens is 1.